The Morgan fingerprint density at radius 1 is 1.47 bits per heavy atom. The fourth-order valence-electron chi connectivity index (χ4n) is 1.39. The molecule has 0 aliphatic heterocycles. The third kappa shape index (κ3) is 2.74. The van der Waals surface area contributed by atoms with Crippen molar-refractivity contribution in [3.05, 3.63) is 33.7 Å². The second-order valence-corrected chi connectivity index (χ2v) is 5.11. The highest BCUT2D eigenvalue weighted by molar-refractivity contribution is 7.10. The Bertz CT molecular complexity index is 528. The SMILES string of the molecule is Cc1cc(NC(=O)c2csc(C(C)C)c2)no1. The van der Waals surface area contributed by atoms with Crippen molar-refractivity contribution in [2.24, 2.45) is 0 Å². The first kappa shape index (κ1) is 11.9. The van der Waals surface area contributed by atoms with Crippen LogP contribution in [0.25, 0.3) is 0 Å². The van der Waals surface area contributed by atoms with Crippen molar-refractivity contribution in [3.8, 4) is 0 Å². The van der Waals surface area contributed by atoms with Crippen molar-refractivity contribution in [2.75, 3.05) is 5.32 Å². The van der Waals surface area contributed by atoms with Crippen molar-refractivity contribution in [2.45, 2.75) is 26.7 Å². The number of anilines is 1. The first-order chi connectivity index (χ1) is 8.06. The third-order valence-corrected chi connectivity index (χ3v) is 3.55. The maximum Gasteiger partial charge on any atom is 0.257 e. The molecule has 0 unspecified atom stereocenters. The summed E-state index contributed by atoms with van der Waals surface area (Å²) in [4.78, 5) is 13.1. The molecule has 0 radical (unpaired) electrons. The fourth-order valence-corrected chi connectivity index (χ4v) is 2.29. The summed E-state index contributed by atoms with van der Waals surface area (Å²) in [7, 11) is 0. The molecule has 0 saturated heterocycles. The van der Waals surface area contributed by atoms with Crippen molar-refractivity contribution in [1.29, 1.82) is 0 Å². The number of aromatic nitrogens is 1. The van der Waals surface area contributed by atoms with E-state index in [9.17, 15) is 4.79 Å². The summed E-state index contributed by atoms with van der Waals surface area (Å²) in [6, 6.07) is 3.60. The van der Waals surface area contributed by atoms with Crippen LogP contribution in [0, 0.1) is 6.92 Å². The summed E-state index contributed by atoms with van der Waals surface area (Å²) in [5.41, 5.74) is 0.666. The zero-order valence-electron chi connectivity index (χ0n) is 9.98. The van der Waals surface area contributed by atoms with Gasteiger partial charge in [0.2, 0.25) is 0 Å². The van der Waals surface area contributed by atoms with Gasteiger partial charge in [-0.25, -0.2) is 0 Å². The molecular formula is C12H14N2O2S. The molecule has 0 saturated carbocycles. The number of rotatable bonds is 3. The molecule has 17 heavy (non-hydrogen) atoms. The Morgan fingerprint density at radius 3 is 2.76 bits per heavy atom. The van der Waals surface area contributed by atoms with Crippen molar-refractivity contribution >= 4 is 23.1 Å². The zero-order valence-corrected chi connectivity index (χ0v) is 10.8. The molecule has 2 heterocycles. The second-order valence-electron chi connectivity index (χ2n) is 4.17. The number of carbonyl (C=O) groups is 1. The summed E-state index contributed by atoms with van der Waals surface area (Å²) in [6.45, 7) is 5.99. The van der Waals surface area contributed by atoms with E-state index in [0.717, 1.165) is 0 Å². The van der Waals surface area contributed by atoms with Crippen LogP contribution in [0.4, 0.5) is 5.82 Å². The molecular weight excluding hydrogens is 236 g/mol. The van der Waals surface area contributed by atoms with Crippen molar-refractivity contribution in [3.63, 3.8) is 0 Å². The van der Waals surface area contributed by atoms with Gasteiger partial charge in [-0.15, -0.1) is 11.3 Å². The van der Waals surface area contributed by atoms with Crippen LogP contribution in [0.1, 0.15) is 40.8 Å². The van der Waals surface area contributed by atoms with E-state index in [-0.39, 0.29) is 5.91 Å². The number of carbonyl (C=O) groups excluding carboxylic acids is 1. The standard InChI is InChI=1S/C12H14N2O2S/c1-7(2)10-5-9(6-17-10)12(15)13-11-4-8(3)16-14-11/h4-7H,1-3H3,(H,13,14,15). The summed E-state index contributed by atoms with van der Waals surface area (Å²) in [6.07, 6.45) is 0. The van der Waals surface area contributed by atoms with Gasteiger partial charge in [0.25, 0.3) is 5.91 Å². The normalized spacial score (nSPS) is 10.8. The molecule has 0 fully saturated rings. The van der Waals surface area contributed by atoms with Gasteiger partial charge in [0.1, 0.15) is 5.76 Å². The maximum absolute atomic E-state index is 11.9. The summed E-state index contributed by atoms with van der Waals surface area (Å²) in [5, 5.41) is 8.27. The van der Waals surface area contributed by atoms with Gasteiger partial charge < -0.3 is 9.84 Å². The lowest BCUT2D eigenvalue weighted by atomic mass is 10.1. The van der Waals surface area contributed by atoms with Crippen LogP contribution in [0.5, 0.6) is 0 Å². The number of hydrogen-bond donors (Lipinski definition) is 1. The van der Waals surface area contributed by atoms with Crippen LogP contribution >= 0.6 is 11.3 Å². The molecule has 1 amide bonds. The molecule has 0 aliphatic rings. The van der Waals surface area contributed by atoms with Crippen LogP contribution in [0.3, 0.4) is 0 Å². The number of nitrogens with zero attached hydrogens (tertiary/aromatic N) is 1. The fraction of sp³-hybridized carbons (Fsp3) is 0.333. The number of aryl methyl sites for hydroxylation is 1. The van der Waals surface area contributed by atoms with Gasteiger partial charge in [0, 0.05) is 16.3 Å². The van der Waals surface area contributed by atoms with Crippen LogP contribution in [-0.4, -0.2) is 11.1 Å². The Balaban J connectivity index is 2.09. The Kier molecular flexibility index (Phi) is 3.28. The molecule has 2 rings (SSSR count). The van der Waals surface area contributed by atoms with Crippen LogP contribution in [0.2, 0.25) is 0 Å². The van der Waals surface area contributed by atoms with E-state index in [1.807, 2.05) is 11.4 Å². The van der Waals surface area contributed by atoms with Gasteiger partial charge in [-0.05, 0) is 18.9 Å². The molecule has 1 N–H and O–H groups in total. The van der Waals surface area contributed by atoms with Crippen molar-refractivity contribution in [1.82, 2.24) is 5.16 Å². The summed E-state index contributed by atoms with van der Waals surface area (Å²) >= 11 is 1.60. The van der Waals surface area contributed by atoms with Gasteiger partial charge in [0.05, 0.1) is 5.56 Å². The van der Waals surface area contributed by atoms with Crippen LogP contribution in [0.15, 0.2) is 22.0 Å². The van der Waals surface area contributed by atoms with Gasteiger partial charge in [-0.3, -0.25) is 4.79 Å². The van der Waals surface area contributed by atoms with Gasteiger partial charge in [0.15, 0.2) is 5.82 Å². The monoisotopic (exact) mass is 250 g/mol. The second kappa shape index (κ2) is 4.71. The topological polar surface area (TPSA) is 55.1 Å². The van der Waals surface area contributed by atoms with E-state index in [1.54, 1.807) is 24.3 Å². The van der Waals surface area contributed by atoms with E-state index in [2.05, 4.69) is 24.3 Å². The number of thiophene rings is 1. The molecule has 2 aromatic rings. The first-order valence-corrected chi connectivity index (χ1v) is 6.27. The van der Waals surface area contributed by atoms with E-state index in [4.69, 9.17) is 4.52 Å². The van der Waals surface area contributed by atoms with Crippen LogP contribution in [-0.2, 0) is 0 Å². The van der Waals surface area contributed by atoms with Gasteiger partial charge in [-0.2, -0.15) is 0 Å². The highest BCUT2D eigenvalue weighted by atomic mass is 32.1. The number of nitrogens with one attached hydrogen (secondary N) is 1. The minimum Gasteiger partial charge on any atom is -0.360 e. The first-order valence-electron chi connectivity index (χ1n) is 5.39. The Labute approximate surface area is 104 Å². The van der Waals surface area contributed by atoms with Crippen LogP contribution < -0.4 is 5.32 Å². The van der Waals surface area contributed by atoms with Gasteiger partial charge >= 0.3 is 0 Å². The molecule has 5 heteroatoms. The minimum absolute atomic E-state index is 0.151. The highest BCUT2D eigenvalue weighted by Gasteiger charge is 2.12. The maximum atomic E-state index is 11.9. The van der Waals surface area contributed by atoms with E-state index in [0.29, 0.717) is 23.1 Å². The largest absolute Gasteiger partial charge is 0.360 e. The predicted octanol–water partition coefficient (Wildman–Crippen LogP) is 3.42. The van der Waals surface area contributed by atoms with Crippen molar-refractivity contribution < 1.29 is 9.32 Å². The molecule has 0 bridgehead atoms. The number of amides is 1. The van der Waals surface area contributed by atoms with Gasteiger partial charge in [-0.1, -0.05) is 19.0 Å². The van der Waals surface area contributed by atoms with E-state index < -0.39 is 0 Å². The Hall–Kier alpha value is -1.62. The minimum atomic E-state index is -0.151. The predicted molar refractivity (Wildman–Crippen MR) is 67.6 cm³/mol. The third-order valence-electron chi connectivity index (χ3n) is 2.32. The van der Waals surface area contributed by atoms with E-state index >= 15 is 0 Å². The zero-order chi connectivity index (χ0) is 12.4. The summed E-state index contributed by atoms with van der Waals surface area (Å²) < 4.78 is 4.88. The summed E-state index contributed by atoms with van der Waals surface area (Å²) in [5.74, 6) is 1.41. The molecule has 0 atom stereocenters. The highest BCUT2D eigenvalue weighted by Crippen LogP contribution is 2.23. The average molecular weight is 250 g/mol. The lowest BCUT2D eigenvalue weighted by Crippen LogP contribution is -2.10. The Morgan fingerprint density at radius 2 is 2.24 bits per heavy atom. The molecule has 0 aliphatic carbocycles. The average Bonchev–Trinajstić information content (AvgIpc) is 2.86. The molecule has 90 valence electrons. The number of hydrogen-bond acceptors (Lipinski definition) is 4. The van der Waals surface area contributed by atoms with E-state index in [1.165, 1.54) is 4.88 Å². The molecule has 0 spiro atoms. The smallest absolute Gasteiger partial charge is 0.257 e. The molecule has 2 aromatic heterocycles. The lowest BCUT2D eigenvalue weighted by Gasteiger charge is -1.98. The lowest BCUT2D eigenvalue weighted by molar-refractivity contribution is 0.102. The quantitative estimate of drug-likeness (QED) is 0.908. The molecule has 0 aromatic carbocycles. The molecule has 4 nitrogen and oxygen atoms in total.